The highest BCUT2D eigenvalue weighted by Gasteiger charge is 2.12. The Kier molecular flexibility index (Phi) is 6.84. The molecular weight excluding hydrogens is 446 g/mol. The van der Waals surface area contributed by atoms with Crippen molar-refractivity contribution < 1.29 is 14.3 Å². The third-order valence-corrected chi connectivity index (χ3v) is 5.06. The van der Waals surface area contributed by atoms with E-state index in [1.54, 1.807) is 43.5 Å². The lowest BCUT2D eigenvalue weighted by molar-refractivity contribution is 0.0526. The Morgan fingerprint density at radius 2 is 1.83 bits per heavy atom. The van der Waals surface area contributed by atoms with Crippen LogP contribution >= 0.6 is 15.9 Å². The molecule has 6 nitrogen and oxygen atoms in total. The lowest BCUT2D eigenvalue weighted by Gasteiger charge is -2.10. The van der Waals surface area contributed by atoms with Gasteiger partial charge in [0, 0.05) is 32.7 Å². The molecule has 30 heavy (non-hydrogen) atoms. The third kappa shape index (κ3) is 4.86. The van der Waals surface area contributed by atoms with Gasteiger partial charge in [-0.25, -0.2) is 10.2 Å². The molecule has 0 bridgehead atoms. The average molecular weight is 468 g/mol. The van der Waals surface area contributed by atoms with Crippen molar-refractivity contribution in [1.29, 1.82) is 0 Å². The molecular formula is C23H22BrN3O3. The lowest BCUT2D eigenvalue weighted by atomic mass is 10.2. The standard InChI is InChI=1S/C23H22BrN3O3/c1-4-30-23(29)17-8-10-21(11-9-17)27-15(2)12-19(16(27)3)14-25-26-22(28)18-6-5-7-20(24)13-18/h5-14H,4H2,1-3H3,(H,26,28)/b25-14-. The van der Waals surface area contributed by atoms with Crippen LogP contribution in [0, 0.1) is 13.8 Å². The molecule has 154 valence electrons. The minimum absolute atomic E-state index is 0.282. The number of rotatable bonds is 6. The molecule has 1 heterocycles. The number of ether oxygens (including phenoxy) is 1. The molecule has 0 spiro atoms. The van der Waals surface area contributed by atoms with Gasteiger partial charge < -0.3 is 9.30 Å². The number of carbonyl (C=O) groups excluding carboxylic acids is 2. The van der Waals surface area contributed by atoms with Crippen molar-refractivity contribution in [3.63, 3.8) is 0 Å². The molecule has 0 unspecified atom stereocenters. The first kappa shape index (κ1) is 21.5. The quantitative estimate of drug-likeness (QED) is 0.321. The molecule has 2 aromatic carbocycles. The predicted molar refractivity (Wildman–Crippen MR) is 120 cm³/mol. The zero-order valence-corrected chi connectivity index (χ0v) is 18.6. The lowest BCUT2D eigenvalue weighted by Crippen LogP contribution is -2.17. The van der Waals surface area contributed by atoms with Crippen LogP contribution in [0.5, 0.6) is 0 Å². The SMILES string of the molecule is CCOC(=O)c1ccc(-n2c(C)cc(/C=N\NC(=O)c3cccc(Br)c3)c2C)cc1. The number of halogens is 1. The van der Waals surface area contributed by atoms with E-state index in [1.165, 1.54) is 0 Å². The van der Waals surface area contributed by atoms with Gasteiger partial charge in [-0.2, -0.15) is 5.10 Å². The van der Waals surface area contributed by atoms with E-state index in [0.29, 0.717) is 17.7 Å². The van der Waals surface area contributed by atoms with Crippen molar-refractivity contribution in [2.24, 2.45) is 5.10 Å². The largest absolute Gasteiger partial charge is 0.462 e. The molecule has 0 fully saturated rings. The van der Waals surface area contributed by atoms with Gasteiger partial charge in [-0.15, -0.1) is 0 Å². The molecule has 7 heteroatoms. The smallest absolute Gasteiger partial charge is 0.338 e. The average Bonchev–Trinajstić information content (AvgIpc) is 3.01. The normalized spacial score (nSPS) is 10.9. The number of aromatic nitrogens is 1. The number of hydrazone groups is 1. The molecule has 1 amide bonds. The Balaban J connectivity index is 1.76. The highest BCUT2D eigenvalue weighted by Crippen LogP contribution is 2.20. The molecule has 0 aliphatic heterocycles. The maximum Gasteiger partial charge on any atom is 0.338 e. The fourth-order valence-corrected chi connectivity index (χ4v) is 3.53. The predicted octanol–water partition coefficient (Wildman–Crippen LogP) is 4.80. The van der Waals surface area contributed by atoms with Crippen molar-refractivity contribution >= 4 is 34.0 Å². The highest BCUT2D eigenvalue weighted by molar-refractivity contribution is 9.10. The minimum atomic E-state index is -0.334. The van der Waals surface area contributed by atoms with E-state index in [9.17, 15) is 9.59 Å². The molecule has 3 rings (SSSR count). The van der Waals surface area contributed by atoms with E-state index in [2.05, 4.69) is 31.0 Å². The monoisotopic (exact) mass is 467 g/mol. The van der Waals surface area contributed by atoms with Crippen LogP contribution in [0.15, 0.2) is 64.2 Å². The van der Waals surface area contributed by atoms with Crippen LogP contribution in [-0.4, -0.2) is 29.3 Å². The zero-order valence-electron chi connectivity index (χ0n) is 17.0. The molecule has 0 saturated heterocycles. The number of esters is 1. The fraction of sp³-hybridized carbons (Fsp3) is 0.174. The van der Waals surface area contributed by atoms with Crippen LogP contribution in [0.4, 0.5) is 0 Å². The molecule has 0 radical (unpaired) electrons. The van der Waals surface area contributed by atoms with E-state index in [-0.39, 0.29) is 11.9 Å². The summed E-state index contributed by atoms with van der Waals surface area (Å²) in [5.74, 6) is -0.616. The highest BCUT2D eigenvalue weighted by atomic mass is 79.9. The summed E-state index contributed by atoms with van der Waals surface area (Å²) in [4.78, 5) is 24.1. The zero-order chi connectivity index (χ0) is 21.7. The van der Waals surface area contributed by atoms with E-state index >= 15 is 0 Å². The number of carbonyl (C=O) groups is 2. The Bertz CT molecular complexity index is 1100. The van der Waals surface area contributed by atoms with Crippen molar-refractivity contribution in [2.75, 3.05) is 6.61 Å². The van der Waals surface area contributed by atoms with E-state index in [4.69, 9.17) is 4.74 Å². The number of nitrogens with zero attached hydrogens (tertiary/aromatic N) is 2. The summed E-state index contributed by atoms with van der Waals surface area (Å²) in [6.07, 6.45) is 1.63. The molecule has 1 N–H and O–H groups in total. The van der Waals surface area contributed by atoms with Gasteiger partial charge in [0.1, 0.15) is 0 Å². The number of hydrogen-bond acceptors (Lipinski definition) is 4. The second-order valence-corrected chi connectivity index (χ2v) is 7.55. The van der Waals surface area contributed by atoms with Crippen molar-refractivity contribution in [1.82, 2.24) is 9.99 Å². The van der Waals surface area contributed by atoms with Gasteiger partial charge in [-0.05, 0) is 69.3 Å². The van der Waals surface area contributed by atoms with Gasteiger partial charge in [0.05, 0.1) is 18.4 Å². The topological polar surface area (TPSA) is 72.7 Å². The van der Waals surface area contributed by atoms with Crippen molar-refractivity contribution in [3.8, 4) is 5.69 Å². The van der Waals surface area contributed by atoms with Gasteiger partial charge in [0.15, 0.2) is 0 Å². The van der Waals surface area contributed by atoms with E-state index in [1.807, 2.05) is 38.1 Å². The van der Waals surface area contributed by atoms with E-state index < -0.39 is 0 Å². The molecule has 0 aliphatic rings. The number of aryl methyl sites for hydroxylation is 1. The van der Waals surface area contributed by atoms with Crippen LogP contribution in [-0.2, 0) is 4.74 Å². The summed E-state index contributed by atoms with van der Waals surface area (Å²) < 4.78 is 7.92. The summed E-state index contributed by atoms with van der Waals surface area (Å²) >= 11 is 3.35. The maximum absolute atomic E-state index is 12.2. The van der Waals surface area contributed by atoms with Gasteiger partial charge in [0.25, 0.3) is 5.91 Å². The second-order valence-electron chi connectivity index (χ2n) is 6.64. The van der Waals surface area contributed by atoms with Gasteiger partial charge in [0.2, 0.25) is 0 Å². The van der Waals surface area contributed by atoms with E-state index in [0.717, 1.165) is 27.1 Å². The molecule has 0 saturated carbocycles. The van der Waals surface area contributed by atoms with Crippen LogP contribution in [0.3, 0.4) is 0 Å². The van der Waals surface area contributed by atoms with Crippen LogP contribution in [0.1, 0.15) is 44.6 Å². The number of amides is 1. The third-order valence-electron chi connectivity index (χ3n) is 4.56. The summed E-state index contributed by atoms with van der Waals surface area (Å²) in [5, 5.41) is 4.10. The van der Waals surface area contributed by atoms with Crippen LogP contribution in [0.25, 0.3) is 5.69 Å². The molecule has 0 aliphatic carbocycles. The summed E-state index contributed by atoms with van der Waals surface area (Å²) in [6, 6.07) is 16.3. The number of nitrogens with one attached hydrogen (secondary N) is 1. The van der Waals surface area contributed by atoms with Crippen molar-refractivity contribution in [2.45, 2.75) is 20.8 Å². The van der Waals surface area contributed by atoms with Gasteiger partial charge >= 0.3 is 5.97 Å². The maximum atomic E-state index is 12.2. The fourth-order valence-electron chi connectivity index (χ4n) is 3.13. The minimum Gasteiger partial charge on any atom is -0.462 e. The molecule has 3 aromatic rings. The Morgan fingerprint density at radius 1 is 1.10 bits per heavy atom. The van der Waals surface area contributed by atoms with Gasteiger partial charge in [-0.1, -0.05) is 22.0 Å². The first-order valence-electron chi connectivity index (χ1n) is 9.46. The summed E-state index contributed by atoms with van der Waals surface area (Å²) in [5.41, 5.74) is 7.38. The molecule has 1 aromatic heterocycles. The first-order chi connectivity index (χ1) is 14.4. The first-order valence-corrected chi connectivity index (χ1v) is 10.3. The van der Waals surface area contributed by atoms with Crippen LogP contribution in [0.2, 0.25) is 0 Å². The Morgan fingerprint density at radius 3 is 2.50 bits per heavy atom. The summed E-state index contributed by atoms with van der Waals surface area (Å²) in [6.45, 7) is 6.09. The number of hydrogen-bond donors (Lipinski definition) is 1. The Hall–Kier alpha value is -3.19. The van der Waals surface area contributed by atoms with Crippen molar-refractivity contribution in [3.05, 3.63) is 87.1 Å². The second kappa shape index (κ2) is 9.54. The summed E-state index contributed by atoms with van der Waals surface area (Å²) in [7, 11) is 0. The Labute approximate surface area is 183 Å². The van der Waals surface area contributed by atoms with Crippen LogP contribution < -0.4 is 5.43 Å². The van der Waals surface area contributed by atoms with Gasteiger partial charge in [-0.3, -0.25) is 4.79 Å². The number of benzene rings is 2. The molecule has 0 atom stereocenters.